The third kappa shape index (κ3) is 2.10. The van der Waals surface area contributed by atoms with Crippen LogP contribution in [0.3, 0.4) is 0 Å². The minimum atomic E-state index is 0.606. The highest BCUT2D eigenvalue weighted by Crippen LogP contribution is 2.25. The van der Waals surface area contributed by atoms with Crippen LogP contribution < -0.4 is 5.32 Å². The van der Waals surface area contributed by atoms with Crippen LogP contribution in [0, 0.1) is 5.92 Å². The Hall–Kier alpha value is -0.820. The Morgan fingerprint density at radius 3 is 2.62 bits per heavy atom. The lowest BCUT2D eigenvalue weighted by Gasteiger charge is -2.13. The van der Waals surface area contributed by atoms with E-state index in [1.54, 1.807) is 0 Å². The molecule has 0 spiro atoms. The first-order valence-corrected chi connectivity index (χ1v) is 4.92. The summed E-state index contributed by atoms with van der Waals surface area (Å²) in [7, 11) is 0. The van der Waals surface area contributed by atoms with Crippen LogP contribution in [0.4, 0.5) is 0 Å². The van der Waals surface area contributed by atoms with Gasteiger partial charge < -0.3 is 5.32 Å². The zero-order valence-electron chi connectivity index (χ0n) is 8.85. The maximum Gasteiger partial charge on any atom is 0.0214 e. The molecule has 13 heavy (non-hydrogen) atoms. The molecule has 0 fully saturated rings. The van der Waals surface area contributed by atoms with E-state index in [-0.39, 0.29) is 0 Å². The fourth-order valence-electron chi connectivity index (χ4n) is 1.88. The van der Waals surface area contributed by atoms with Crippen LogP contribution in [-0.4, -0.2) is 13.1 Å². The topological polar surface area (TPSA) is 12.0 Å². The molecule has 72 valence electrons. The first kappa shape index (κ1) is 10.3. The van der Waals surface area contributed by atoms with E-state index in [0.717, 1.165) is 13.1 Å². The summed E-state index contributed by atoms with van der Waals surface area (Å²) in [6.45, 7) is 12.4. The highest BCUT2D eigenvalue weighted by molar-refractivity contribution is 5.44. The standard InChI is InChI=1S/C12H19N/c1-5-10-7-13-8-12(10)11(6-2)9(3)4/h5-6,9,13H,1,7-8H2,2-4H3/b11-6-. The summed E-state index contributed by atoms with van der Waals surface area (Å²) in [4.78, 5) is 0. The molecule has 0 bridgehead atoms. The molecule has 1 aliphatic heterocycles. The van der Waals surface area contributed by atoms with Gasteiger partial charge in [-0.2, -0.15) is 0 Å². The predicted molar refractivity (Wildman–Crippen MR) is 58.7 cm³/mol. The van der Waals surface area contributed by atoms with Crippen LogP contribution in [0.15, 0.2) is 35.5 Å². The van der Waals surface area contributed by atoms with Crippen molar-refractivity contribution in [1.82, 2.24) is 5.32 Å². The van der Waals surface area contributed by atoms with Crippen molar-refractivity contribution in [2.75, 3.05) is 13.1 Å². The number of hydrogen-bond donors (Lipinski definition) is 1. The van der Waals surface area contributed by atoms with Gasteiger partial charge in [-0.25, -0.2) is 0 Å². The lowest BCUT2D eigenvalue weighted by Crippen LogP contribution is -2.10. The second kappa shape index (κ2) is 4.43. The van der Waals surface area contributed by atoms with Crippen LogP contribution in [0.1, 0.15) is 20.8 Å². The Morgan fingerprint density at radius 2 is 2.15 bits per heavy atom. The molecule has 0 atom stereocenters. The molecule has 0 aromatic rings. The third-order valence-electron chi connectivity index (χ3n) is 2.53. The van der Waals surface area contributed by atoms with Gasteiger partial charge in [0, 0.05) is 13.1 Å². The van der Waals surface area contributed by atoms with Crippen molar-refractivity contribution in [1.29, 1.82) is 0 Å². The fourth-order valence-corrected chi connectivity index (χ4v) is 1.88. The maximum absolute atomic E-state index is 3.84. The molecular formula is C12H19N. The van der Waals surface area contributed by atoms with Gasteiger partial charge in [-0.3, -0.25) is 0 Å². The monoisotopic (exact) mass is 177 g/mol. The number of nitrogens with one attached hydrogen (secondary N) is 1. The number of allylic oxidation sites excluding steroid dienone is 1. The second-order valence-electron chi connectivity index (χ2n) is 3.71. The number of rotatable bonds is 3. The average molecular weight is 177 g/mol. The van der Waals surface area contributed by atoms with E-state index in [2.05, 4.69) is 38.7 Å². The molecule has 1 nitrogen and oxygen atoms in total. The molecule has 0 saturated heterocycles. The molecular weight excluding hydrogens is 158 g/mol. The predicted octanol–water partition coefficient (Wildman–Crippen LogP) is 2.67. The van der Waals surface area contributed by atoms with Crippen LogP contribution in [0.2, 0.25) is 0 Å². The van der Waals surface area contributed by atoms with Crippen molar-refractivity contribution in [2.24, 2.45) is 5.92 Å². The van der Waals surface area contributed by atoms with Crippen molar-refractivity contribution in [3.8, 4) is 0 Å². The first-order chi connectivity index (χ1) is 6.20. The van der Waals surface area contributed by atoms with E-state index in [1.165, 1.54) is 16.7 Å². The summed E-state index contributed by atoms with van der Waals surface area (Å²) in [5, 5.41) is 3.36. The minimum Gasteiger partial charge on any atom is -0.309 e. The Morgan fingerprint density at radius 1 is 1.46 bits per heavy atom. The summed E-state index contributed by atoms with van der Waals surface area (Å²) in [6, 6.07) is 0. The molecule has 0 radical (unpaired) electrons. The van der Waals surface area contributed by atoms with Gasteiger partial charge in [-0.1, -0.05) is 32.6 Å². The maximum atomic E-state index is 3.84. The van der Waals surface area contributed by atoms with Gasteiger partial charge in [0.05, 0.1) is 0 Å². The van der Waals surface area contributed by atoms with Crippen LogP contribution in [0.5, 0.6) is 0 Å². The summed E-state index contributed by atoms with van der Waals surface area (Å²) in [5.41, 5.74) is 4.27. The summed E-state index contributed by atoms with van der Waals surface area (Å²) in [5.74, 6) is 0.606. The van der Waals surface area contributed by atoms with Gasteiger partial charge in [-0.05, 0) is 29.6 Å². The largest absolute Gasteiger partial charge is 0.309 e. The van der Waals surface area contributed by atoms with Crippen LogP contribution in [0.25, 0.3) is 0 Å². The quantitative estimate of drug-likeness (QED) is 0.699. The van der Waals surface area contributed by atoms with Crippen molar-refractivity contribution in [2.45, 2.75) is 20.8 Å². The third-order valence-corrected chi connectivity index (χ3v) is 2.53. The highest BCUT2D eigenvalue weighted by atomic mass is 14.9. The molecule has 1 N–H and O–H groups in total. The van der Waals surface area contributed by atoms with Gasteiger partial charge in [0.15, 0.2) is 0 Å². The van der Waals surface area contributed by atoms with Crippen LogP contribution >= 0.6 is 0 Å². The number of hydrogen-bond acceptors (Lipinski definition) is 1. The van der Waals surface area contributed by atoms with Crippen molar-refractivity contribution in [3.05, 3.63) is 35.5 Å². The summed E-state index contributed by atoms with van der Waals surface area (Å²) >= 11 is 0. The molecule has 0 saturated carbocycles. The van der Waals surface area contributed by atoms with Gasteiger partial charge >= 0.3 is 0 Å². The first-order valence-electron chi connectivity index (χ1n) is 4.92. The normalized spacial score (nSPS) is 18.6. The van der Waals surface area contributed by atoms with Gasteiger partial charge in [0.1, 0.15) is 0 Å². The second-order valence-corrected chi connectivity index (χ2v) is 3.71. The lowest BCUT2D eigenvalue weighted by atomic mass is 9.93. The average Bonchev–Trinajstić information content (AvgIpc) is 2.53. The van der Waals surface area contributed by atoms with Crippen molar-refractivity contribution >= 4 is 0 Å². The van der Waals surface area contributed by atoms with Crippen LogP contribution in [-0.2, 0) is 0 Å². The minimum absolute atomic E-state index is 0.606. The zero-order valence-corrected chi connectivity index (χ0v) is 8.85. The van der Waals surface area contributed by atoms with Gasteiger partial charge in [0.2, 0.25) is 0 Å². The molecule has 1 heteroatoms. The molecule has 0 amide bonds. The van der Waals surface area contributed by atoms with Crippen molar-refractivity contribution < 1.29 is 0 Å². The van der Waals surface area contributed by atoms with E-state index in [0.29, 0.717) is 5.92 Å². The molecule has 1 rings (SSSR count). The molecule has 0 aromatic carbocycles. The smallest absolute Gasteiger partial charge is 0.0214 e. The van der Waals surface area contributed by atoms with Crippen molar-refractivity contribution in [3.63, 3.8) is 0 Å². The zero-order chi connectivity index (χ0) is 9.84. The molecule has 0 unspecified atom stereocenters. The van der Waals surface area contributed by atoms with E-state index < -0.39 is 0 Å². The molecule has 0 aliphatic carbocycles. The van der Waals surface area contributed by atoms with E-state index in [9.17, 15) is 0 Å². The van der Waals surface area contributed by atoms with E-state index >= 15 is 0 Å². The Labute approximate surface area is 81.2 Å². The van der Waals surface area contributed by atoms with E-state index in [1.807, 2.05) is 6.08 Å². The van der Waals surface area contributed by atoms with Gasteiger partial charge in [0.25, 0.3) is 0 Å². The highest BCUT2D eigenvalue weighted by Gasteiger charge is 2.16. The Balaban J connectivity index is 2.97. The lowest BCUT2D eigenvalue weighted by molar-refractivity contribution is 0.762. The molecule has 1 aliphatic rings. The molecule has 0 aromatic heterocycles. The van der Waals surface area contributed by atoms with E-state index in [4.69, 9.17) is 0 Å². The SMILES string of the molecule is C=CC1=C(/C(=C\C)C(C)C)CNC1. The summed E-state index contributed by atoms with van der Waals surface area (Å²) in [6.07, 6.45) is 4.19. The Bertz CT molecular complexity index is 256. The molecule has 1 heterocycles. The Kier molecular flexibility index (Phi) is 3.49. The fraction of sp³-hybridized carbons (Fsp3) is 0.500. The summed E-state index contributed by atoms with van der Waals surface area (Å²) < 4.78 is 0. The van der Waals surface area contributed by atoms with Gasteiger partial charge in [-0.15, -0.1) is 0 Å².